The van der Waals surface area contributed by atoms with Crippen molar-refractivity contribution in [2.45, 2.75) is 31.8 Å². The summed E-state index contributed by atoms with van der Waals surface area (Å²) in [6, 6.07) is 24.8. The van der Waals surface area contributed by atoms with Gasteiger partial charge in [-0.25, -0.2) is 0 Å². The Balaban J connectivity index is 1.21. The fraction of sp³-hybridized carbons (Fsp3) is 0.214. The molecule has 0 bridgehead atoms. The van der Waals surface area contributed by atoms with Gasteiger partial charge in [-0.1, -0.05) is 42.5 Å². The van der Waals surface area contributed by atoms with Gasteiger partial charge in [-0.05, 0) is 60.4 Å². The highest BCUT2D eigenvalue weighted by Crippen LogP contribution is 2.29. The third kappa shape index (κ3) is 4.96. The van der Waals surface area contributed by atoms with Gasteiger partial charge < -0.3 is 19.4 Å². The first-order valence-corrected chi connectivity index (χ1v) is 11.4. The first kappa shape index (κ1) is 21.8. The Hall–Kier alpha value is -4.06. The SMILES string of the molecule is COc1ccc(CN(C(=O)Cc2ccc(NC(=O)c3cc4ccccc4o3)cc2)C2CC2)cc1. The number of nitrogens with zero attached hydrogens (tertiary/aromatic N) is 1. The van der Waals surface area contributed by atoms with E-state index in [1.165, 1.54) is 0 Å². The number of fused-ring (bicyclic) bond motifs is 1. The molecule has 1 aromatic heterocycles. The molecule has 6 nitrogen and oxygen atoms in total. The standard InChI is InChI=1S/C28H26N2O4/c1-33-24-14-8-20(9-15-24)18-30(23-12-13-23)27(31)16-19-6-10-22(11-7-19)29-28(32)26-17-21-4-2-3-5-25(21)34-26/h2-11,14-15,17,23H,12-13,16,18H2,1H3,(H,29,32). The molecule has 172 valence electrons. The zero-order valence-corrected chi connectivity index (χ0v) is 19.0. The lowest BCUT2D eigenvalue weighted by Crippen LogP contribution is -2.33. The number of hydrogen-bond acceptors (Lipinski definition) is 4. The normalized spacial score (nSPS) is 13.0. The lowest BCUT2D eigenvalue weighted by molar-refractivity contribution is -0.131. The van der Waals surface area contributed by atoms with Gasteiger partial charge in [0.15, 0.2) is 5.76 Å². The van der Waals surface area contributed by atoms with Crippen LogP contribution in [0, 0.1) is 0 Å². The van der Waals surface area contributed by atoms with Crippen LogP contribution in [0.15, 0.2) is 83.3 Å². The summed E-state index contributed by atoms with van der Waals surface area (Å²) in [6.07, 6.45) is 2.42. The Morgan fingerprint density at radius 2 is 1.68 bits per heavy atom. The predicted molar refractivity (Wildman–Crippen MR) is 131 cm³/mol. The number of amides is 2. The third-order valence-electron chi connectivity index (χ3n) is 6.04. The molecule has 0 unspecified atom stereocenters. The fourth-order valence-electron chi connectivity index (χ4n) is 4.00. The van der Waals surface area contributed by atoms with Crippen molar-refractivity contribution in [1.29, 1.82) is 0 Å². The van der Waals surface area contributed by atoms with Crippen LogP contribution < -0.4 is 10.1 Å². The number of furan rings is 1. The molecule has 3 aromatic carbocycles. The van der Waals surface area contributed by atoms with Crippen LogP contribution in [0.2, 0.25) is 0 Å². The van der Waals surface area contributed by atoms with Crippen molar-refractivity contribution in [2.24, 2.45) is 0 Å². The maximum atomic E-state index is 13.1. The number of para-hydroxylation sites is 1. The van der Waals surface area contributed by atoms with Crippen molar-refractivity contribution < 1.29 is 18.7 Å². The van der Waals surface area contributed by atoms with E-state index in [0.29, 0.717) is 30.3 Å². The van der Waals surface area contributed by atoms with E-state index >= 15 is 0 Å². The average Bonchev–Trinajstić information content (AvgIpc) is 3.61. The molecule has 34 heavy (non-hydrogen) atoms. The molecule has 0 spiro atoms. The summed E-state index contributed by atoms with van der Waals surface area (Å²) in [6.45, 7) is 0.596. The molecule has 1 saturated carbocycles. The molecule has 1 fully saturated rings. The average molecular weight is 455 g/mol. The minimum absolute atomic E-state index is 0.109. The summed E-state index contributed by atoms with van der Waals surface area (Å²) in [4.78, 5) is 27.6. The van der Waals surface area contributed by atoms with E-state index in [1.807, 2.05) is 77.7 Å². The van der Waals surface area contributed by atoms with Crippen LogP contribution in [-0.4, -0.2) is 29.9 Å². The Kier molecular flexibility index (Phi) is 6.04. The van der Waals surface area contributed by atoms with Gasteiger partial charge in [0, 0.05) is 23.7 Å². The quantitative estimate of drug-likeness (QED) is 0.386. The fourth-order valence-corrected chi connectivity index (χ4v) is 4.00. The number of anilines is 1. The highest BCUT2D eigenvalue weighted by atomic mass is 16.5. The van der Waals surface area contributed by atoms with E-state index < -0.39 is 0 Å². The smallest absolute Gasteiger partial charge is 0.291 e. The second kappa shape index (κ2) is 9.43. The van der Waals surface area contributed by atoms with Gasteiger partial charge in [-0.15, -0.1) is 0 Å². The van der Waals surface area contributed by atoms with Gasteiger partial charge >= 0.3 is 0 Å². The van der Waals surface area contributed by atoms with Gasteiger partial charge in [0.25, 0.3) is 5.91 Å². The number of methoxy groups -OCH3 is 1. The maximum absolute atomic E-state index is 13.1. The van der Waals surface area contributed by atoms with Crippen LogP contribution in [0.3, 0.4) is 0 Å². The minimum atomic E-state index is -0.306. The van der Waals surface area contributed by atoms with Gasteiger partial charge in [-0.3, -0.25) is 9.59 Å². The number of nitrogens with one attached hydrogen (secondary N) is 1. The van der Waals surface area contributed by atoms with Crippen LogP contribution in [0.1, 0.15) is 34.5 Å². The maximum Gasteiger partial charge on any atom is 0.291 e. The molecule has 0 aliphatic heterocycles. The molecule has 0 atom stereocenters. The van der Waals surface area contributed by atoms with E-state index in [4.69, 9.17) is 9.15 Å². The van der Waals surface area contributed by atoms with Crippen LogP contribution in [0.25, 0.3) is 11.0 Å². The second-order valence-corrected chi connectivity index (χ2v) is 8.58. The topological polar surface area (TPSA) is 71.8 Å². The zero-order valence-electron chi connectivity index (χ0n) is 19.0. The van der Waals surface area contributed by atoms with Gasteiger partial charge in [0.1, 0.15) is 11.3 Å². The molecule has 2 amide bonds. The number of hydrogen-bond donors (Lipinski definition) is 1. The number of carbonyl (C=O) groups is 2. The van der Waals surface area contributed by atoms with Gasteiger partial charge in [-0.2, -0.15) is 0 Å². The van der Waals surface area contributed by atoms with Crippen molar-refractivity contribution in [3.05, 3.63) is 95.7 Å². The minimum Gasteiger partial charge on any atom is -0.497 e. The van der Waals surface area contributed by atoms with E-state index in [-0.39, 0.29) is 17.6 Å². The number of carbonyl (C=O) groups excluding carboxylic acids is 2. The third-order valence-corrected chi connectivity index (χ3v) is 6.04. The number of benzene rings is 3. The monoisotopic (exact) mass is 454 g/mol. The van der Waals surface area contributed by atoms with Crippen LogP contribution in [0.5, 0.6) is 5.75 Å². The van der Waals surface area contributed by atoms with E-state index in [0.717, 1.165) is 35.1 Å². The molecule has 4 aromatic rings. The Morgan fingerprint density at radius 3 is 2.35 bits per heavy atom. The van der Waals surface area contributed by atoms with Crippen molar-refractivity contribution in [2.75, 3.05) is 12.4 Å². The Morgan fingerprint density at radius 1 is 0.971 bits per heavy atom. The molecular formula is C28H26N2O4. The van der Waals surface area contributed by atoms with Crippen LogP contribution >= 0.6 is 0 Å². The summed E-state index contributed by atoms with van der Waals surface area (Å²) in [5.41, 5.74) is 3.33. The summed E-state index contributed by atoms with van der Waals surface area (Å²) in [5, 5.41) is 3.74. The molecule has 1 aliphatic rings. The molecule has 0 saturated heterocycles. The lowest BCUT2D eigenvalue weighted by atomic mass is 10.1. The molecule has 6 heteroatoms. The Labute approximate surface area is 198 Å². The molecule has 1 aliphatic carbocycles. The van der Waals surface area contributed by atoms with E-state index in [1.54, 1.807) is 13.2 Å². The van der Waals surface area contributed by atoms with Crippen molar-refractivity contribution in [3.63, 3.8) is 0 Å². The summed E-state index contributed by atoms with van der Waals surface area (Å²) in [5.74, 6) is 0.872. The van der Waals surface area contributed by atoms with Crippen LogP contribution in [0.4, 0.5) is 5.69 Å². The summed E-state index contributed by atoms with van der Waals surface area (Å²) in [7, 11) is 1.64. The first-order chi connectivity index (χ1) is 16.6. The second-order valence-electron chi connectivity index (χ2n) is 8.58. The number of rotatable bonds is 8. The zero-order chi connectivity index (χ0) is 23.5. The molecular weight excluding hydrogens is 428 g/mol. The molecule has 1 heterocycles. The highest BCUT2D eigenvalue weighted by Gasteiger charge is 2.32. The largest absolute Gasteiger partial charge is 0.497 e. The Bertz CT molecular complexity index is 1270. The summed E-state index contributed by atoms with van der Waals surface area (Å²) >= 11 is 0. The van der Waals surface area contributed by atoms with Crippen molar-refractivity contribution in [3.8, 4) is 5.75 Å². The van der Waals surface area contributed by atoms with E-state index in [2.05, 4.69) is 5.32 Å². The number of ether oxygens (including phenoxy) is 1. The van der Waals surface area contributed by atoms with E-state index in [9.17, 15) is 9.59 Å². The van der Waals surface area contributed by atoms with Crippen molar-refractivity contribution >= 4 is 28.5 Å². The van der Waals surface area contributed by atoms with Gasteiger partial charge in [0.05, 0.1) is 13.5 Å². The summed E-state index contributed by atoms with van der Waals surface area (Å²) < 4.78 is 10.8. The molecule has 1 N–H and O–H groups in total. The first-order valence-electron chi connectivity index (χ1n) is 11.4. The highest BCUT2D eigenvalue weighted by molar-refractivity contribution is 6.04. The lowest BCUT2D eigenvalue weighted by Gasteiger charge is -2.23. The predicted octanol–water partition coefficient (Wildman–Crippen LogP) is 5.43. The van der Waals surface area contributed by atoms with Crippen molar-refractivity contribution in [1.82, 2.24) is 4.90 Å². The van der Waals surface area contributed by atoms with Gasteiger partial charge in [0.2, 0.25) is 5.91 Å². The molecule has 5 rings (SSSR count). The molecule has 0 radical (unpaired) electrons. The van der Waals surface area contributed by atoms with Crippen LogP contribution in [-0.2, 0) is 17.8 Å².